The van der Waals surface area contributed by atoms with Crippen LogP contribution in [0.1, 0.15) is 13.8 Å². The molecule has 112 valence electrons. The first-order valence-electron chi connectivity index (χ1n) is 5.28. The van der Waals surface area contributed by atoms with E-state index in [1.165, 1.54) is 13.8 Å². The van der Waals surface area contributed by atoms with Gasteiger partial charge in [0.1, 0.15) is 0 Å². The number of hydrogen-bond donors (Lipinski definition) is 1. The molecule has 1 N–H and O–H groups in total. The van der Waals surface area contributed by atoms with Crippen molar-refractivity contribution in [3.05, 3.63) is 0 Å². The molecule has 0 aromatic carbocycles. The summed E-state index contributed by atoms with van der Waals surface area (Å²) in [5.74, 6) is -0.129. The van der Waals surface area contributed by atoms with Gasteiger partial charge in [0.05, 0.1) is 24.7 Å². The molecule has 0 aliphatic carbocycles. The second kappa shape index (κ2) is 9.93. The van der Waals surface area contributed by atoms with E-state index in [4.69, 9.17) is 0 Å². The van der Waals surface area contributed by atoms with Crippen molar-refractivity contribution in [3.63, 3.8) is 0 Å². The molecule has 0 atom stereocenters. The molecule has 0 aromatic rings. The fourth-order valence-corrected chi connectivity index (χ4v) is 1.78. The monoisotopic (exact) mass is 325 g/mol. The molecule has 0 amide bonds. The van der Waals surface area contributed by atoms with Crippen molar-refractivity contribution in [3.8, 4) is 0 Å². The second-order valence-electron chi connectivity index (χ2n) is 3.09. The van der Waals surface area contributed by atoms with Gasteiger partial charge in [0.2, 0.25) is 0 Å². The minimum Gasteiger partial charge on any atom is -0.312 e. The number of nitrogens with one attached hydrogen (secondary N) is 1. The first-order valence-corrected chi connectivity index (χ1v) is 8.43. The summed E-state index contributed by atoms with van der Waals surface area (Å²) in [5.41, 5.74) is 0. The van der Waals surface area contributed by atoms with Gasteiger partial charge in [0.15, 0.2) is 0 Å². The van der Waals surface area contributed by atoms with Crippen molar-refractivity contribution in [2.75, 3.05) is 37.8 Å². The highest BCUT2D eigenvalue weighted by atomic mass is 35.5. The highest BCUT2D eigenvalue weighted by Gasteiger charge is 2.07. The third kappa shape index (κ3) is 11.2. The average molecular weight is 326 g/mol. The zero-order valence-corrected chi connectivity index (χ0v) is 12.9. The van der Waals surface area contributed by atoms with Crippen molar-refractivity contribution in [1.82, 2.24) is 5.32 Å². The van der Waals surface area contributed by atoms with E-state index in [0.717, 1.165) is 0 Å². The first kappa shape index (κ1) is 20.4. The molecule has 0 aliphatic rings. The van der Waals surface area contributed by atoms with Crippen LogP contribution in [0.15, 0.2) is 0 Å². The van der Waals surface area contributed by atoms with Crippen molar-refractivity contribution < 1.29 is 25.2 Å². The lowest BCUT2D eigenvalue weighted by Gasteiger charge is -2.06. The van der Waals surface area contributed by atoms with Gasteiger partial charge in [0, 0.05) is 13.1 Å². The molecule has 0 bridgehead atoms. The smallest absolute Gasteiger partial charge is 0.267 e. The Kier molecular flexibility index (Phi) is 11.2. The summed E-state index contributed by atoms with van der Waals surface area (Å²) in [5, 5.41) is 2.80. The maximum Gasteiger partial charge on any atom is 0.267 e. The molecule has 0 fully saturated rings. The van der Waals surface area contributed by atoms with Gasteiger partial charge < -0.3 is 5.32 Å². The van der Waals surface area contributed by atoms with E-state index in [2.05, 4.69) is 13.7 Å². The van der Waals surface area contributed by atoms with Crippen molar-refractivity contribution >= 4 is 32.6 Å². The number of rotatable bonds is 10. The Balaban J connectivity index is 0. The highest BCUT2D eigenvalue weighted by molar-refractivity contribution is 7.86. The molecule has 0 saturated carbocycles. The molecular formula is C8H20ClNO6S2. The zero-order chi connectivity index (χ0) is 13.4. The Morgan fingerprint density at radius 3 is 1.44 bits per heavy atom. The van der Waals surface area contributed by atoms with E-state index < -0.39 is 20.2 Å². The third-order valence-electron chi connectivity index (χ3n) is 1.79. The van der Waals surface area contributed by atoms with E-state index >= 15 is 0 Å². The SMILES string of the molecule is CCS(=O)(=O)OCCNCCOS(=O)(=O)CC.Cl. The van der Waals surface area contributed by atoms with Crippen LogP contribution >= 0.6 is 12.4 Å². The normalized spacial score (nSPS) is 12.1. The lowest BCUT2D eigenvalue weighted by Crippen LogP contribution is -2.26. The Bertz CT molecular complexity index is 356. The molecule has 0 spiro atoms. The van der Waals surface area contributed by atoms with Crippen molar-refractivity contribution in [1.29, 1.82) is 0 Å². The Morgan fingerprint density at radius 1 is 0.833 bits per heavy atom. The van der Waals surface area contributed by atoms with Crippen LogP contribution in [0.3, 0.4) is 0 Å². The summed E-state index contributed by atoms with van der Waals surface area (Å²) in [4.78, 5) is 0. The van der Waals surface area contributed by atoms with Gasteiger partial charge in [0.25, 0.3) is 20.2 Å². The third-order valence-corrected chi connectivity index (χ3v) is 4.26. The molecule has 7 nitrogen and oxygen atoms in total. The minimum atomic E-state index is -3.41. The first-order chi connectivity index (χ1) is 7.83. The van der Waals surface area contributed by atoms with Gasteiger partial charge in [-0.3, -0.25) is 8.37 Å². The van der Waals surface area contributed by atoms with Gasteiger partial charge in [-0.25, -0.2) is 0 Å². The summed E-state index contributed by atoms with van der Waals surface area (Å²) in [6.07, 6.45) is 0. The van der Waals surface area contributed by atoms with Gasteiger partial charge in [-0.15, -0.1) is 12.4 Å². The molecule has 0 aliphatic heterocycles. The summed E-state index contributed by atoms with van der Waals surface area (Å²) < 4.78 is 52.8. The Hall–Kier alpha value is 0.0700. The van der Waals surface area contributed by atoms with Gasteiger partial charge in [-0.2, -0.15) is 16.8 Å². The van der Waals surface area contributed by atoms with Crippen LogP contribution < -0.4 is 5.32 Å². The van der Waals surface area contributed by atoms with Crippen molar-refractivity contribution in [2.45, 2.75) is 13.8 Å². The molecule has 18 heavy (non-hydrogen) atoms. The summed E-state index contributed by atoms with van der Waals surface area (Å²) in [6.45, 7) is 3.66. The van der Waals surface area contributed by atoms with Gasteiger partial charge in [-0.1, -0.05) is 0 Å². The van der Waals surface area contributed by atoms with E-state index in [9.17, 15) is 16.8 Å². The summed E-state index contributed by atoms with van der Waals surface area (Å²) in [7, 11) is -6.81. The topological polar surface area (TPSA) is 98.8 Å². The molecule has 0 radical (unpaired) electrons. The van der Waals surface area contributed by atoms with Crippen LogP contribution in [0.4, 0.5) is 0 Å². The lowest BCUT2D eigenvalue weighted by molar-refractivity contribution is 0.293. The predicted molar refractivity (Wildman–Crippen MR) is 70.9 cm³/mol. The van der Waals surface area contributed by atoms with E-state index in [-0.39, 0.29) is 37.1 Å². The predicted octanol–water partition coefficient (Wildman–Crippen LogP) is -0.270. The second-order valence-corrected chi connectivity index (χ2v) is 6.94. The van der Waals surface area contributed by atoms with Crippen molar-refractivity contribution in [2.24, 2.45) is 0 Å². The average Bonchev–Trinajstić information content (AvgIpc) is 2.27. The van der Waals surface area contributed by atoms with Crippen LogP contribution in [0.2, 0.25) is 0 Å². The highest BCUT2D eigenvalue weighted by Crippen LogP contribution is 1.91. The molecule has 0 rings (SSSR count). The largest absolute Gasteiger partial charge is 0.312 e. The maximum absolute atomic E-state index is 10.9. The number of halogens is 1. The van der Waals surface area contributed by atoms with Crippen LogP contribution in [0, 0.1) is 0 Å². The fourth-order valence-electron chi connectivity index (χ4n) is 0.773. The molecule has 10 heteroatoms. The fraction of sp³-hybridized carbons (Fsp3) is 1.00. The summed E-state index contributed by atoms with van der Waals surface area (Å²) >= 11 is 0. The molecule has 0 saturated heterocycles. The van der Waals surface area contributed by atoms with Crippen LogP contribution in [-0.2, 0) is 28.6 Å². The standard InChI is InChI=1S/C8H19NO6S2.ClH/c1-3-16(10,11)14-7-5-9-6-8-15-17(12,13)4-2;/h9H,3-8H2,1-2H3;1H. The zero-order valence-electron chi connectivity index (χ0n) is 10.4. The van der Waals surface area contributed by atoms with Gasteiger partial charge >= 0.3 is 0 Å². The Morgan fingerprint density at radius 2 is 1.17 bits per heavy atom. The van der Waals surface area contributed by atoms with Crippen LogP contribution in [0.5, 0.6) is 0 Å². The molecule has 0 aromatic heterocycles. The lowest BCUT2D eigenvalue weighted by atomic mass is 10.6. The van der Waals surface area contributed by atoms with Gasteiger partial charge in [-0.05, 0) is 13.8 Å². The minimum absolute atomic E-state index is 0. The van der Waals surface area contributed by atoms with E-state index in [1.807, 2.05) is 0 Å². The number of hydrogen-bond acceptors (Lipinski definition) is 7. The molecule has 0 heterocycles. The Labute approximate surface area is 115 Å². The quantitative estimate of drug-likeness (QED) is 0.436. The molecular weight excluding hydrogens is 306 g/mol. The molecule has 0 unspecified atom stereocenters. The van der Waals surface area contributed by atoms with E-state index in [1.54, 1.807) is 0 Å². The van der Waals surface area contributed by atoms with E-state index in [0.29, 0.717) is 13.1 Å². The maximum atomic E-state index is 10.9. The van der Waals surface area contributed by atoms with Crippen LogP contribution in [-0.4, -0.2) is 54.6 Å². The van der Waals surface area contributed by atoms with Crippen LogP contribution in [0.25, 0.3) is 0 Å². The summed E-state index contributed by atoms with van der Waals surface area (Å²) in [6, 6.07) is 0.